The van der Waals surface area contributed by atoms with Crippen LogP contribution in [-0.4, -0.2) is 54.2 Å². The molecule has 0 spiro atoms. The summed E-state index contributed by atoms with van der Waals surface area (Å²) in [5.74, 6) is 0.440. The normalized spacial score (nSPS) is 16.1. The number of rotatable bonds is 4. The first-order valence-corrected chi connectivity index (χ1v) is 5.51. The number of nitrogens with zero attached hydrogens (tertiary/aromatic N) is 4. The second-order valence-electron chi connectivity index (χ2n) is 3.69. The lowest BCUT2D eigenvalue weighted by atomic mass is 10.4. The van der Waals surface area contributed by atoms with Crippen LogP contribution in [0.15, 0.2) is 0 Å². The lowest BCUT2D eigenvalue weighted by Crippen LogP contribution is -2.37. The Hall–Kier alpha value is -1.77. The van der Waals surface area contributed by atoms with Crippen LogP contribution in [0.3, 0.4) is 0 Å². The van der Waals surface area contributed by atoms with E-state index in [1.165, 1.54) is 0 Å². The second-order valence-corrected chi connectivity index (χ2v) is 3.69. The molecule has 1 fully saturated rings. The maximum absolute atomic E-state index is 12.1. The molecule has 1 aromatic rings. The molecule has 0 aliphatic carbocycles. The Morgan fingerprint density at radius 2 is 2.00 bits per heavy atom. The van der Waals surface area contributed by atoms with Crippen LogP contribution in [0.2, 0.25) is 0 Å². The summed E-state index contributed by atoms with van der Waals surface area (Å²) in [6, 6.07) is 0. The SMILES string of the molecule is Nc1nc(NCC(F)F)nc(N2CCOCC2)n1. The highest BCUT2D eigenvalue weighted by Gasteiger charge is 2.16. The average Bonchev–Trinajstić information content (AvgIpc) is 2.37. The zero-order valence-corrected chi connectivity index (χ0v) is 9.64. The molecule has 0 amide bonds. The number of nitrogen functional groups attached to an aromatic ring is 1. The van der Waals surface area contributed by atoms with E-state index in [9.17, 15) is 8.78 Å². The van der Waals surface area contributed by atoms with Crippen LogP contribution in [0.4, 0.5) is 26.6 Å². The number of halogens is 2. The highest BCUT2D eigenvalue weighted by molar-refractivity contribution is 5.42. The van der Waals surface area contributed by atoms with E-state index in [-0.39, 0.29) is 11.9 Å². The molecule has 1 aliphatic heterocycles. The predicted molar refractivity (Wildman–Crippen MR) is 61.8 cm³/mol. The number of hydrogen-bond donors (Lipinski definition) is 2. The maximum atomic E-state index is 12.1. The zero-order chi connectivity index (χ0) is 13.0. The van der Waals surface area contributed by atoms with E-state index in [1.54, 1.807) is 0 Å². The molecule has 0 aromatic carbocycles. The van der Waals surface area contributed by atoms with Gasteiger partial charge in [-0.3, -0.25) is 0 Å². The standard InChI is InChI=1S/C9H14F2N6O/c10-6(11)5-13-8-14-7(12)15-9(16-8)17-1-3-18-4-2-17/h6H,1-5H2,(H3,12,13,14,15,16). The number of nitrogens with two attached hydrogens (primary N) is 1. The van der Waals surface area contributed by atoms with E-state index in [1.807, 2.05) is 4.90 Å². The van der Waals surface area contributed by atoms with Gasteiger partial charge in [0.25, 0.3) is 6.43 Å². The van der Waals surface area contributed by atoms with Gasteiger partial charge < -0.3 is 20.7 Å². The van der Waals surface area contributed by atoms with E-state index in [0.29, 0.717) is 32.3 Å². The molecule has 1 aromatic heterocycles. The zero-order valence-electron chi connectivity index (χ0n) is 9.64. The van der Waals surface area contributed by atoms with Gasteiger partial charge in [0.05, 0.1) is 19.8 Å². The smallest absolute Gasteiger partial charge is 0.255 e. The van der Waals surface area contributed by atoms with Crippen molar-refractivity contribution in [3.8, 4) is 0 Å². The first-order valence-electron chi connectivity index (χ1n) is 5.51. The Bertz CT molecular complexity index is 399. The van der Waals surface area contributed by atoms with Crippen LogP contribution in [0, 0.1) is 0 Å². The molecule has 3 N–H and O–H groups in total. The number of hydrogen-bond acceptors (Lipinski definition) is 7. The maximum Gasteiger partial charge on any atom is 0.255 e. The quantitative estimate of drug-likeness (QED) is 0.785. The van der Waals surface area contributed by atoms with Crippen molar-refractivity contribution in [2.45, 2.75) is 6.43 Å². The fraction of sp³-hybridized carbons (Fsp3) is 0.667. The fourth-order valence-corrected chi connectivity index (χ4v) is 1.53. The molecule has 1 saturated heterocycles. The Balaban J connectivity index is 2.09. The predicted octanol–water partition coefficient (Wildman–Crippen LogP) is -0.0326. The molecule has 2 rings (SSSR count). The molecular weight excluding hydrogens is 246 g/mol. The Morgan fingerprint density at radius 1 is 1.28 bits per heavy atom. The van der Waals surface area contributed by atoms with Crippen LogP contribution in [0.5, 0.6) is 0 Å². The number of alkyl halides is 2. The van der Waals surface area contributed by atoms with Crippen molar-refractivity contribution in [2.24, 2.45) is 0 Å². The minimum Gasteiger partial charge on any atom is -0.378 e. The number of morpholine rings is 1. The third kappa shape index (κ3) is 3.36. The van der Waals surface area contributed by atoms with E-state index in [2.05, 4.69) is 20.3 Å². The van der Waals surface area contributed by atoms with E-state index < -0.39 is 13.0 Å². The summed E-state index contributed by atoms with van der Waals surface area (Å²) in [7, 11) is 0. The molecular formula is C9H14F2N6O. The van der Waals surface area contributed by atoms with Crippen molar-refractivity contribution in [1.82, 2.24) is 15.0 Å². The summed E-state index contributed by atoms with van der Waals surface area (Å²) < 4.78 is 29.4. The summed E-state index contributed by atoms with van der Waals surface area (Å²) in [6.07, 6.45) is -2.48. The molecule has 2 heterocycles. The van der Waals surface area contributed by atoms with Gasteiger partial charge in [0.2, 0.25) is 17.8 Å². The summed E-state index contributed by atoms with van der Waals surface area (Å²) in [5.41, 5.74) is 5.52. The minimum atomic E-state index is -2.48. The van der Waals surface area contributed by atoms with Crippen LogP contribution < -0.4 is 16.0 Å². The topological polar surface area (TPSA) is 89.2 Å². The van der Waals surface area contributed by atoms with E-state index in [4.69, 9.17) is 10.5 Å². The summed E-state index contributed by atoms with van der Waals surface area (Å²) >= 11 is 0. The van der Waals surface area contributed by atoms with Gasteiger partial charge in [0, 0.05) is 13.1 Å². The monoisotopic (exact) mass is 260 g/mol. The first-order chi connectivity index (χ1) is 8.65. The molecule has 9 heteroatoms. The molecule has 1 aliphatic rings. The van der Waals surface area contributed by atoms with Crippen LogP contribution in [0.25, 0.3) is 0 Å². The third-order valence-corrected chi connectivity index (χ3v) is 2.35. The number of nitrogens with one attached hydrogen (secondary N) is 1. The lowest BCUT2D eigenvalue weighted by Gasteiger charge is -2.26. The molecule has 0 bridgehead atoms. The van der Waals surface area contributed by atoms with Gasteiger partial charge in [-0.2, -0.15) is 15.0 Å². The van der Waals surface area contributed by atoms with Crippen molar-refractivity contribution in [3.05, 3.63) is 0 Å². The van der Waals surface area contributed by atoms with Gasteiger partial charge in [-0.1, -0.05) is 0 Å². The average molecular weight is 260 g/mol. The van der Waals surface area contributed by atoms with E-state index >= 15 is 0 Å². The summed E-state index contributed by atoms with van der Waals surface area (Å²) in [4.78, 5) is 13.7. The Morgan fingerprint density at radius 3 is 2.67 bits per heavy atom. The van der Waals surface area contributed by atoms with Crippen LogP contribution in [-0.2, 0) is 4.74 Å². The van der Waals surface area contributed by atoms with Crippen molar-refractivity contribution < 1.29 is 13.5 Å². The molecule has 0 saturated carbocycles. The number of anilines is 3. The minimum absolute atomic E-state index is 0.00302. The van der Waals surface area contributed by atoms with Crippen molar-refractivity contribution >= 4 is 17.8 Å². The molecule has 0 unspecified atom stereocenters. The van der Waals surface area contributed by atoms with Gasteiger partial charge in [0.15, 0.2) is 0 Å². The largest absolute Gasteiger partial charge is 0.378 e. The summed E-state index contributed by atoms with van der Waals surface area (Å²) in [6.45, 7) is 1.90. The number of aromatic nitrogens is 3. The van der Waals surface area contributed by atoms with Crippen LogP contribution >= 0.6 is 0 Å². The fourth-order valence-electron chi connectivity index (χ4n) is 1.53. The molecule has 0 radical (unpaired) electrons. The van der Waals surface area contributed by atoms with Crippen LogP contribution in [0.1, 0.15) is 0 Å². The lowest BCUT2D eigenvalue weighted by molar-refractivity contribution is 0.122. The second kappa shape index (κ2) is 5.71. The van der Waals surface area contributed by atoms with Gasteiger partial charge in [-0.15, -0.1) is 0 Å². The van der Waals surface area contributed by atoms with Gasteiger partial charge in [0.1, 0.15) is 0 Å². The first kappa shape index (κ1) is 12.7. The molecule has 0 atom stereocenters. The van der Waals surface area contributed by atoms with Crippen molar-refractivity contribution in [3.63, 3.8) is 0 Å². The number of ether oxygens (including phenoxy) is 1. The van der Waals surface area contributed by atoms with Crippen molar-refractivity contribution in [1.29, 1.82) is 0 Å². The van der Waals surface area contributed by atoms with Gasteiger partial charge in [-0.25, -0.2) is 8.78 Å². The molecule has 7 nitrogen and oxygen atoms in total. The third-order valence-electron chi connectivity index (χ3n) is 2.35. The van der Waals surface area contributed by atoms with Crippen molar-refractivity contribution in [2.75, 3.05) is 48.8 Å². The Kier molecular flexibility index (Phi) is 4.03. The van der Waals surface area contributed by atoms with Gasteiger partial charge >= 0.3 is 0 Å². The highest BCUT2D eigenvalue weighted by atomic mass is 19.3. The molecule has 100 valence electrons. The summed E-state index contributed by atoms with van der Waals surface area (Å²) in [5, 5.41) is 2.41. The Labute approximate surface area is 102 Å². The highest BCUT2D eigenvalue weighted by Crippen LogP contribution is 2.13. The molecule has 18 heavy (non-hydrogen) atoms. The van der Waals surface area contributed by atoms with E-state index in [0.717, 1.165) is 0 Å². The van der Waals surface area contributed by atoms with Gasteiger partial charge in [-0.05, 0) is 0 Å².